The van der Waals surface area contributed by atoms with Crippen LogP contribution < -0.4 is 9.92 Å². The van der Waals surface area contributed by atoms with Crippen LogP contribution >= 0.6 is 0 Å². The van der Waals surface area contributed by atoms with Crippen molar-refractivity contribution in [3.05, 3.63) is 96.1 Å². The topological polar surface area (TPSA) is 76.1 Å². The summed E-state index contributed by atoms with van der Waals surface area (Å²) in [7, 11) is -0.584. The molecule has 1 N–H and O–H groups in total. The molecule has 0 bridgehead atoms. The van der Waals surface area contributed by atoms with E-state index < -0.39 is 38.3 Å². The van der Waals surface area contributed by atoms with E-state index in [0.29, 0.717) is 17.4 Å². The summed E-state index contributed by atoms with van der Waals surface area (Å²) in [5.41, 5.74) is 0.365. The summed E-state index contributed by atoms with van der Waals surface area (Å²) >= 11 is 0. The average molecular weight is 504 g/mol. The van der Waals surface area contributed by atoms with Crippen molar-refractivity contribution in [2.24, 2.45) is 5.41 Å². The molecule has 3 aromatic carbocycles. The molecule has 1 fully saturated rings. The number of imide groups is 1. The molecule has 4 rings (SSSR count). The number of hydrogen-bond donors (Lipinski definition) is 1. The second-order valence-corrected chi connectivity index (χ2v) is 14.9. The fourth-order valence-electron chi connectivity index (χ4n) is 5.33. The summed E-state index contributed by atoms with van der Waals surface area (Å²) in [5, 5.41) is 11.5. The zero-order chi connectivity index (χ0) is 25.9. The fraction of sp³-hybridized carbons (Fsp3) is 0.310. The van der Waals surface area contributed by atoms with E-state index in [0.717, 1.165) is 10.5 Å². The van der Waals surface area contributed by atoms with Crippen molar-refractivity contribution in [3.8, 4) is 5.75 Å². The quantitative estimate of drug-likeness (QED) is 0.435. The summed E-state index contributed by atoms with van der Waals surface area (Å²) in [6.45, 7) is 5.95. The van der Waals surface area contributed by atoms with Crippen molar-refractivity contribution in [2.75, 3.05) is 13.7 Å². The Hall–Kier alpha value is -3.42. The molecule has 0 aromatic heterocycles. The fourth-order valence-corrected chi connectivity index (χ4v) is 8.80. The predicted molar refractivity (Wildman–Crippen MR) is 142 cm³/mol. The van der Waals surface area contributed by atoms with Crippen LogP contribution in [-0.2, 0) is 9.53 Å². The maximum absolute atomic E-state index is 14.4. The molecule has 7 heteroatoms. The van der Waals surface area contributed by atoms with E-state index in [1.54, 1.807) is 31.4 Å². The average Bonchev–Trinajstić information content (AvgIpc) is 2.90. The van der Waals surface area contributed by atoms with E-state index in [2.05, 4.69) is 25.2 Å². The molecule has 2 amide bonds. The Balaban J connectivity index is 1.80. The molecule has 3 aromatic rings. The lowest BCUT2D eigenvalue weighted by atomic mass is 9.79. The number of hydrogen-bond acceptors (Lipinski definition) is 5. The van der Waals surface area contributed by atoms with Crippen LogP contribution in [0, 0.1) is 5.41 Å². The van der Waals surface area contributed by atoms with E-state index in [-0.39, 0.29) is 5.91 Å². The Bertz CT molecular complexity index is 1200. The van der Waals surface area contributed by atoms with Crippen molar-refractivity contribution in [1.29, 1.82) is 0 Å². The van der Waals surface area contributed by atoms with Gasteiger partial charge in [-0.05, 0) is 36.2 Å². The first kappa shape index (κ1) is 25.7. The zero-order valence-electron chi connectivity index (χ0n) is 21.2. The maximum atomic E-state index is 14.4. The first-order valence-electron chi connectivity index (χ1n) is 12.1. The van der Waals surface area contributed by atoms with Gasteiger partial charge in [-0.1, -0.05) is 91.1 Å². The first-order valence-corrected chi connectivity index (χ1v) is 15.3. The molecule has 1 saturated heterocycles. The summed E-state index contributed by atoms with van der Waals surface area (Å²) < 4.78 is 11.4. The lowest BCUT2D eigenvalue weighted by Crippen LogP contribution is -2.59. The molecular formula is C29H33NO5Si. The number of rotatable bonds is 8. The van der Waals surface area contributed by atoms with Gasteiger partial charge in [-0.25, -0.2) is 9.69 Å². The molecule has 1 aliphatic rings. The van der Waals surface area contributed by atoms with Gasteiger partial charge < -0.3 is 14.6 Å². The van der Waals surface area contributed by atoms with Crippen LogP contribution in [0.15, 0.2) is 84.9 Å². The van der Waals surface area contributed by atoms with Gasteiger partial charge in [-0.15, -0.1) is 0 Å². The molecule has 1 aliphatic heterocycles. The van der Waals surface area contributed by atoms with Gasteiger partial charge in [0, 0.05) is 0 Å². The second-order valence-electron chi connectivity index (χ2n) is 10.2. The molecule has 6 nitrogen and oxygen atoms in total. The third kappa shape index (κ3) is 4.81. The highest BCUT2D eigenvalue weighted by atomic mass is 28.3. The van der Waals surface area contributed by atoms with Crippen LogP contribution in [0.3, 0.4) is 0 Å². The van der Waals surface area contributed by atoms with Crippen molar-refractivity contribution in [2.45, 2.75) is 38.2 Å². The van der Waals surface area contributed by atoms with Gasteiger partial charge in [-0.3, -0.25) is 4.79 Å². The minimum atomic E-state index is -2.18. The Labute approximate surface area is 213 Å². The lowest BCUT2D eigenvalue weighted by molar-refractivity contribution is -0.159. The number of cyclic esters (lactones) is 1. The monoisotopic (exact) mass is 503 g/mol. The van der Waals surface area contributed by atoms with Gasteiger partial charge in [0.25, 0.3) is 0 Å². The maximum Gasteiger partial charge on any atom is 0.417 e. The van der Waals surface area contributed by atoms with Crippen molar-refractivity contribution < 1.29 is 24.2 Å². The number of ether oxygens (including phenoxy) is 2. The standard InChI is InChI=1S/C29H33NO5Si/c1-29(20-36(3,4)24-13-9-6-10-14-24)26(22-15-17-23(34-2)18-16-22)35-28(33)30(27(29)32)25(19-31)21-11-7-5-8-12-21/h5-18,25-26,31H,19-20H2,1-4H3/t25-,26-,29-/m1/s1. The van der Waals surface area contributed by atoms with Gasteiger partial charge in [0.15, 0.2) is 0 Å². The summed E-state index contributed by atoms with van der Waals surface area (Å²) in [6.07, 6.45) is -1.52. The minimum absolute atomic E-state index is 0.334. The molecule has 0 aliphatic carbocycles. The lowest BCUT2D eigenvalue weighted by Gasteiger charge is -2.48. The van der Waals surface area contributed by atoms with E-state index in [1.807, 2.05) is 55.5 Å². The normalized spacial score (nSPS) is 21.1. The number of benzene rings is 3. The van der Waals surface area contributed by atoms with Crippen molar-refractivity contribution >= 4 is 25.3 Å². The number of nitrogens with zero attached hydrogens (tertiary/aromatic N) is 1. The molecule has 0 saturated carbocycles. The van der Waals surface area contributed by atoms with E-state index in [4.69, 9.17) is 9.47 Å². The third-order valence-electron chi connectivity index (χ3n) is 7.15. The van der Waals surface area contributed by atoms with Crippen LogP contribution in [0.25, 0.3) is 0 Å². The number of amides is 2. The largest absolute Gasteiger partial charge is 0.497 e. The van der Waals surface area contributed by atoms with Gasteiger partial charge in [0.05, 0.1) is 33.2 Å². The minimum Gasteiger partial charge on any atom is -0.497 e. The highest BCUT2D eigenvalue weighted by Gasteiger charge is 2.56. The molecule has 1 heterocycles. The van der Waals surface area contributed by atoms with Crippen molar-refractivity contribution in [3.63, 3.8) is 0 Å². The van der Waals surface area contributed by atoms with E-state index in [9.17, 15) is 14.7 Å². The SMILES string of the molecule is COc1ccc([C@H]2OC(=O)N([C@H](CO)c3ccccc3)C(=O)[C@]2(C)C[Si](C)(C)c2ccccc2)cc1. The van der Waals surface area contributed by atoms with Crippen molar-refractivity contribution in [1.82, 2.24) is 4.90 Å². The zero-order valence-corrected chi connectivity index (χ0v) is 22.2. The summed E-state index contributed by atoms with van der Waals surface area (Å²) in [6, 6.07) is 26.3. The van der Waals surface area contributed by atoms with Crippen LogP contribution in [0.4, 0.5) is 4.79 Å². The highest BCUT2D eigenvalue weighted by molar-refractivity contribution is 6.90. The Kier molecular flexibility index (Phi) is 7.33. The molecule has 188 valence electrons. The Morgan fingerprint density at radius 2 is 1.56 bits per heavy atom. The molecule has 0 radical (unpaired) electrons. The Morgan fingerprint density at radius 1 is 0.972 bits per heavy atom. The summed E-state index contributed by atoms with van der Waals surface area (Å²) in [4.78, 5) is 28.8. The number of methoxy groups -OCH3 is 1. The van der Waals surface area contributed by atoms with Crippen LogP contribution in [-0.4, -0.2) is 43.8 Å². The number of carbonyl (C=O) groups excluding carboxylic acids is 2. The molecule has 36 heavy (non-hydrogen) atoms. The Morgan fingerprint density at radius 3 is 2.11 bits per heavy atom. The highest BCUT2D eigenvalue weighted by Crippen LogP contribution is 2.49. The molecule has 0 unspecified atom stereocenters. The molecule has 3 atom stereocenters. The molecule has 0 spiro atoms. The van der Waals surface area contributed by atoms with E-state index in [1.165, 1.54) is 5.19 Å². The number of carbonyl (C=O) groups is 2. The van der Waals surface area contributed by atoms with Gasteiger partial charge in [0.1, 0.15) is 11.9 Å². The number of aliphatic hydroxyl groups is 1. The first-order chi connectivity index (χ1) is 17.2. The van der Waals surface area contributed by atoms with Crippen LogP contribution in [0.2, 0.25) is 19.1 Å². The second kappa shape index (κ2) is 10.3. The number of aliphatic hydroxyl groups excluding tert-OH is 1. The molecular weight excluding hydrogens is 470 g/mol. The van der Waals surface area contributed by atoms with E-state index >= 15 is 0 Å². The smallest absolute Gasteiger partial charge is 0.417 e. The summed E-state index contributed by atoms with van der Waals surface area (Å²) in [5.74, 6) is 0.345. The van der Waals surface area contributed by atoms with Gasteiger partial charge in [0.2, 0.25) is 5.91 Å². The third-order valence-corrected chi connectivity index (χ3v) is 10.7. The van der Waals surface area contributed by atoms with Crippen LogP contribution in [0.5, 0.6) is 5.75 Å². The van der Waals surface area contributed by atoms with Crippen LogP contribution in [0.1, 0.15) is 30.2 Å². The van der Waals surface area contributed by atoms with Gasteiger partial charge >= 0.3 is 6.09 Å². The van der Waals surface area contributed by atoms with Gasteiger partial charge in [-0.2, -0.15) is 0 Å². The predicted octanol–water partition coefficient (Wildman–Crippen LogP) is 5.07.